The predicted molar refractivity (Wildman–Crippen MR) is 127 cm³/mol. The van der Waals surface area contributed by atoms with Gasteiger partial charge in [-0.1, -0.05) is 6.07 Å². The molecule has 4 rings (SSSR count). The quantitative estimate of drug-likeness (QED) is 0.215. The minimum Gasteiger partial charge on any atom is -0.493 e. The summed E-state index contributed by atoms with van der Waals surface area (Å²) in [5.41, 5.74) is 0.837. The van der Waals surface area contributed by atoms with Crippen LogP contribution in [0.1, 0.15) is 12.1 Å². The minimum absolute atomic E-state index is 0.133. The first-order chi connectivity index (χ1) is 17.0. The molecule has 182 valence electrons. The van der Waals surface area contributed by atoms with E-state index in [4.69, 9.17) is 21.1 Å². The molecule has 35 heavy (non-hydrogen) atoms. The lowest BCUT2D eigenvalue weighted by molar-refractivity contribution is -0.115. The van der Waals surface area contributed by atoms with Gasteiger partial charge in [0.15, 0.2) is 29.0 Å². The molecule has 0 atom stereocenters. The van der Waals surface area contributed by atoms with Crippen molar-refractivity contribution in [3.05, 3.63) is 60.1 Å². The highest BCUT2D eigenvalue weighted by atomic mass is 35.5. The van der Waals surface area contributed by atoms with Gasteiger partial charge in [-0.15, -0.1) is 11.6 Å². The van der Waals surface area contributed by atoms with Crippen LogP contribution in [0.25, 0.3) is 10.9 Å². The van der Waals surface area contributed by atoms with Crippen LogP contribution in [0.5, 0.6) is 11.5 Å². The average Bonchev–Trinajstić information content (AvgIpc) is 3.28. The molecule has 4 aromatic rings. The van der Waals surface area contributed by atoms with Gasteiger partial charge in [0.25, 0.3) is 0 Å². The van der Waals surface area contributed by atoms with Crippen molar-refractivity contribution in [1.29, 1.82) is 0 Å². The van der Waals surface area contributed by atoms with E-state index in [-0.39, 0.29) is 12.1 Å². The van der Waals surface area contributed by atoms with E-state index in [1.165, 1.54) is 25.6 Å². The van der Waals surface area contributed by atoms with Gasteiger partial charge in [0.2, 0.25) is 5.91 Å². The summed E-state index contributed by atoms with van der Waals surface area (Å²) in [7, 11) is 1.53. The molecule has 0 saturated heterocycles. The average molecular weight is 503 g/mol. The zero-order chi connectivity index (χ0) is 24.8. The Hall–Kier alpha value is -3.99. The van der Waals surface area contributed by atoms with E-state index >= 15 is 0 Å². The number of H-pyrrole nitrogens is 1. The first kappa shape index (κ1) is 24.1. The number of alkyl halides is 1. The van der Waals surface area contributed by atoms with Crippen LogP contribution in [0.3, 0.4) is 0 Å². The number of aromatic amines is 1. The molecular formula is C23H21ClF2N6O3. The molecular weight excluding hydrogens is 482 g/mol. The number of halogens is 3. The maximum atomic E-state index is 13.8. The number of carbonyl (C=O) groups is 1. The largest absolute Gasteiger partial charge is 0.493 e. The maximum Gasteiger partial charge on any atom is 0.230 e. The number of methoxy groups -OCH3 is 1. The van der Waals surface area contributed by atoms with E-state index in [0.717, 1.165) is 6.07 Å². The van der Waals surface area contributed by atoms with Crippen molar-refractivity contribution < 1.29 is 23.0 Å². The minimum atomic E-state index is -1.12. The summed E-state index contributed by atoms with van der Waals surface area (Å²) in [6.45, 7) is 0.442. The molecule has 3 N–H and O–H groups in total. The summed E-state index contributed by atoms with van der Waals surface area (Å²) < 4.78 is 38.3. The zero-order valence-electron chi connectivity index (χ0n) is 18.6. The van der Waals surface area contributed by atoms with Crippen LogP contribution in [0.4, 0.5) is 26.1 Å². The lowest BCUT2D eigenvalue weighted by atomic mass is 10.2. The van der Waals surface area contributed by atoms with Gasteiger partial charge in [0, 0.05) is 29.1 Å². The van der Waals surface area contributed by atoms with Gasteiger partial charge in [0.1, 0.15) is 12.1 Å². The summed E-state index contributed by atoms with van der Waals surface area (Å²) in [6, 6.07) is 8.67. The van der Waals surface area contributed by atoms with Crippen molar-refractivity contribution in [3.63, 3.8) is 0 Å². The third-order valence-corrected chi connectivity index (χ3v) is 5.18. The Labute approximate surface area is 203 Å². The van der Waals surface area contributed by atoms with E-state index in [9.17, 15) is 13.6 Å². The smallest absolute Gasteiger partial charge is 0.230 e. The number of hydrogen-bond donors (Lipinski definition) is 3. The number of nitrogens with one attached hydrogen (secondary N) is 3. The first-order valence-corrected chi connectivity index (χ1v) is 11.1. The molecule has 0 radical (unpaired) electrons. The van der Waals surface area contributed by atoms with E-state index in [1.807, 2.05) is 0 Å². The van der Waals surface area contributed by atoms with Gasteiger partial charge in [-0.2, -0.15) is 5.10 Å². The Morgan fingerprint density at radius 1 is 1.17 bits per heavy atom. The number of rotatable bonds is 10. The number of carbonyl (C=O) groups excluding carboxylic acids is 1. The van der Waals surface area contributed by atoms with Crippen LogP contribution in [0.15, 0.2) is 42.7 Å². The number of nitrogens with zero attached hydrogens (tertiary/aromatic N) is 3. The summed E-state index contributed by atoms with van der Waals surface area (Å²) in [6.07, 6.45) is 1.95. The first-order valence-electron chi connectivity index (χ1n) is 10.5. The SMILES string of the molecule is COc1cc2c(Nc3cc(CC(=O)Nc4cccc(F)c4F)[nH]n3)ncnc2cc1OCCCCl. The summed E-state index contributed by atoms with van der Waals surface area (Å²) >= 11 is 5.71. The molecule has 0 aliphatic heterocycles. The van der Waals surface area contributed by atoms with E-state index in [1.54, 1.807) is 18.2 Å². The van der Waals surface area contributed by atoms with E-state index < -0.39 is 17.5 Å². The molecule has 0 saturated carbocycles. The summed E-state index contributed by atoms with van der Waals surface area (Å²) in [4.78, 5) is 20.8. The fourth-order valence-electron chi connectivity index (χ4n) is 3.28. The monoisotopic (exact) mass is 502 g/mol. The molecule has 1 amide bonds. The fourth-order valence-corrected chi connectivity index (χ4v) is 3.39. The number of ether oxygens (including phenoxy) is 2. The standard InChI is InChI=1S/C23H21ClF2N6O3/c1-34-18-10-14-17(11-19(18)35-7-3-6-24)27-12-28-23(14)30-20-8-13(31-32-20)9-21(33)29-16-5-2-4-15(25)22(16)26/h2,4-5,8,10-12H,3,6-7,9H2,1H3,(H,29,33)(H2,27,28,30,31,32). The van der Waals surface area contributed by atoms with Crippen molar-refractivity contribution in [1.82, 2.24) is 20.2 Å². The third-order valence-electron chi connectivity index (χ3n) is 4.91. The van der Waals surface area contributed by atoms with E-state index in [2.05, 4.69) is 30.8 Å². The van der Waals surface area contributed by atoms with Gasteiger partial charge in [-0.3, -0.25) is 9.89 Å². The van der Waals surface area contributed by atoms with Gasteiger partial charge in [0.05, 0.1) is 31.3 Å². The molecule has 9 nitrogen and oxygen atoms in total. The molecule has 0 fully saturated rings. The normalized spacial score (nSPS) is 10.9. The van der Waals surface area contributed by atoms with Crippen LogP contribution >= 0.6 is 11.6 Å². The Morgan fingerprint density at radius 2 is 2.03 bits per heavy atom. The highest BCUT2D eigenvalue weighted by Crippen LogP contribution is 2.34. The van der Waals surface area contributed by atoms with Gasteiger partial charge < -0.3 is 20.1 Å². The topological polar surface area (TPSA) is 114 Å². The van der Waals surface area contributed by atoms with Crippen molar-refractivity contribution >= 4 is 45.7 Å². The highest BCUT2D eigenvalue weighted by Gasteiger charge is 2.15. The summed E-state index contributed by atoms with van der Waals surface area (Å²) in [5, 5.41) is 13.0. The van der Waals surface area contributed by atoms with Gasteiger partial charge >= 0.3 is 0 Å². The maximum absolute atomic E-state index is 13.8. The van der Waals surface area contributed by atoms with Gasteiger partial charge in [-0.25, -0.2) is 18.7 Å². The molecule has 0 aliphatic carbocycles. The number of hydrogen-bond acceptors (Lipinski definition) is 7. The lowest BCUT2D eigenvalue weighted by Gasteiger charge is -2.13. The Balaban J connectivity index is 1.48. The molecule has 2 aromatic heterocycles. The van der Waals surface area contributed by atoms with Crippen LogP contribution in [0.2, 0.25) is 0 Å². The van der Waals surface area contributed by atoms with Crippen LogP contribution in [-0.4, -0.2) is 45.7 Å². The van der Waals surface area contributed by atoms with E-state index in [0.29, 0.717) is 58.6 Å². The lowest BCUT2D eigenvalue weighted by Crippen LogP contribution is -2.16. The summed E-state index contributed by atoms with van der Waals surface area (Å²) in [5.74, 6) is -0.308. The Morgan fingerprint density at radius 3 is 2.83 bits per heavy atom. The second-order valence-corrected chi connectivity index (χ2v) is 7.74. The van der Waals surface area contributed by atoms with Gasteiger partial charge in [-0.05, 0) is 24.6 Å². The number of amides is 1. The highest BCUT2D eigenvalue weighted by molar-refractivity contribution is 6.17. The van der Waals surface area contributed by atoms with Crippen molar-refractivity contribution in [2.24, 2.45) is 0 Å². The van der Waals surface area contributed by atoms with Crippen molar-refractivity contribution in [2.45, 2.75) is 12.8 Å². The third kappa shape index (κ3) is 5.75. The number of anilines is 3. The van der Waals surface area contributed by atoms with Crippen LogP contribution in [0, 0.1) is 11.6 Å². The van der Waals surface area contributed by atoms with Crippen LogP contribution < -0.4 is 20.1 Å². The number of benzene rings is 2. The second-order valence-electron chi connectivity index (χ2n) is 7.36. The molecule has 2 aromatic carbocycles. The molecule has 0 unspecified atom stereocenters. The van der Waals surface area contributed by atoms with Crippen molar-refractivity contribution in [3.8, 4) is 11.5 Å². The molecule has 0 aliphatic rings. The Bertz CT molecular complexity index is 1350. The molecule has 2 heterocycles. The number of aromatic nitrogens is 4. The predicted octanol–water partition coefficient (Wildman–Crippen LogP) is 4.57. The Kier molecular flexibility index (Phi) is 7.56. The second kappa shape index (κ2) is 11.0. The molecule has 0 bridgehead atoms. The zero-order valence-corrected chi connectivity index (χ0v) is 19.3. The molecule has 12 heteroatoms. The van der Waals surface area contributed by atoms with Crippen molar-refractivity contribution in [2.75, 3.05) is 30.2 Å². The van der Waals surface area contributed by atoms with Crippen LogP contribution in [-0.2, 0) is 11.2 Å². The fraction of sp³-hybridized carbons (Fsp3) is 0.217. The number of fused-ring (bicyclic) bond motifs is 1. The molecule has 0 spiro atoms.